The van der Waals surface area contributed by atoms with E-state index in [1.165, 1.54) is 0 Å². The average molecular weight is 172 g/mol. The van der Waals surface area contributed by atoms with Gasteiger partial charge in [0.2, 0.25) is 0 Å². The molecule has 1 aliphatic heterocycles. The Hall–Kier alpha value is -0.450. The molecule has 0 aromatic rings. The Labute approximate surface area is 70.8 Å². The molecule has 0 amide bonds. The minimum absolute atomic E-state index is 0.171. The molecule has 2 rings (SSSR count). The lowest BCUT2D eigenvalue weighted by molar-refractivity contribution is -0.224. The highest BCUT2D eigenvalue weighted by Crippen LogP contribution is 2.43. The van der Waals surface area contributed by atoms with Crippen molar-refractivity contribution in [2.24, 2.45) is 0 Å². The van der Waals surface area contributed by atoms with Crippen LogP contribution in [0.3, 0.4) is 0 Å². The molecule has 0 aromatic carbocycles. The molecule has 2 fully saturated rings. The normalized spacial score (nSPS) is 37.7. The summed E-state index contributed by atoms with van der Waals surface area (Å²) in [5.41, 5.74) is 0. The van der Waals surface area contributed by atoms with Gasteiger partial charge in [0.1, 0.15) is 12.2 Å². The van der Waals surface area contributed by atoms with Crippen molar-refractivity contribution in [1.29, 1.82) is 0 Å². The lowest BCUT2D eigenvalue weighted by Crippen LogP contribution is -2.45. The molecule has 0 spiro atoms. The monoisotopic (exact) mass is 172 g/mol. The van der Waals surface area contributed by atoms with Gasteiger partial charge in [0.15, 0.2) is 11.6 Å². The van der Waals surface area contributed by atoms with Crippen LogP contribution in [0, 0.1) is 0 Å². The summed E-state index contributed by atoms with van der Waals surface area (Å²) in [6.07, 6.45) is 0.649. The number of epoxide rings is 1. The van der Waals surface area contributed by atoms with Gasteiger partial charge in [-0.2, -0.15) is 0 Å². The maximum Gasteiger partial charge on any atom is 0.197 e. The Morgan fingerprint density at radius 1 is 1.50 bits per heavy atom. The molecule has 0 aromatic heterocycles. The van der Waals surface area contributed by atoms with Crippen LogP contribution in [0.5, 0.6) is 0 Å². The van der Waals surface area contributed by atoms with Crippen molar-refractivity contribution in [3.8, 4) is 0 Å². The number of methoxy groups -OCH3 is 2. The molecule has 4 heteroatoms. The number of rotatable bonds is 2. The molecule has 4 nitrogen and oxygen atoms in total. The van der Waals surface area contributed by atoms with Gasteiger partial charge in [-0.05, 0) is 0 Å². The summed E-state index contributed by atoms with van der Waals surface area (Å²) in [6, 6.07) is 0. The maximum atomic E-state index is 11.1. The number of ketones is 1. The molecule has 2 aliphatic rings. The molecule has 1 aliphatic carbocycles. The van der Waals surface area contributed by atoms with Crippen molar-refractivity contribution in [3.05, 3.63) is 0 Å². The van der Waals surface area contributed by atoms with E-state index >= 15 is 0 Å². The Balaban J connectivity index is 2.14. The van der Waals surface area contributed by atoms with Crippen molar-refractivity contribution >= 4 is 5.78 Å². The molecular formula is C8H12O4. The minimum Gasteiger partial charge on any atom is -0.355 e. The van der Waals surface area contributed by atoms with Gasteiger partial charge < -0.3 is 14.2 Å². The molecular weight excluding hydrogens is 160 g/mol. The summed E-state index contributed by atoms with van der Waals surface area (Å²) in [4.78, 5) is 11.1. The van der Waals surface area contributed by atoms with Crippen LogP contribution in [0.2, 0.25) is 0 Å². The van der Waals surface area contributed by atoms with E-state index in [0.717, 1.165) is 0 Å². The molecule has 2 atom stereocenters. The molecule has 1 heterocycles. The zero-order valence-corrected chi connectivity index (χ0v) is 7.20. The van der Waals surface area contributed by atoms with E-state index < -0.39 is 5.79 Å². The molecule has 0 N–H and O–H groups in total. The number of ether oxygens (including phenoxy) is 3. The first kappa shape index (κ1) is 8.16. The van der Waals surface area contributed by atoms with E-state index in [-0.39, 0.29) is 18.0 Å². The molecule has 0 radical (unpaired) electrons. The van der Waals surface area contributed by atoms with E-state index in [4.69, 9.17) is 14.2 Å². The Kier molecular flexibility index (Phi) is 1.71. The fourth-order valence-electron chi connectivity index (χ4n) is 1.79. The quantitative estimate of drug-likeness (QED) is 0.438. The standard InChI is InChI=1S/C8H12O4/c1-10-8(11-2)4-3-5(9)6-7(8)12-6/h6-7H,3-4H2,1-2H3. The van der Waals surface area contributed by atoms with Crippen LogP contribution in [0.25, 0.3) is 0 Å². The van der Waals surface area contributed by atoms with Gasteiger partial charge >= 0.3 is 0 Å². The van der Waals surface area contributed by atoms with Crippen molar-refractivity contribution in [2.45, 2.75) is 30.8 Å². The van der Waals surface area contributed by atoms with Crippen LogP contribution in [-0.2, 0) is 19.0 Å². The van der Waals surface area contributed by atoms with Crippen LogP contribution >= 0.6 is 0 Å². The third kappa shape index (κ3) is 0.920. The average Bonchev–Trinajstić information content (AvgIpc) is 2.87. The van der Waals surface area contributed by atoms with E-state index in [0.29, 0.717) is 12.8 Å². The first-order valence-corrected chi connectivity index (χ1v) is 4.02. The third-order valence-corrected chi connectivity index (χ3v) is 2.65. The highest BCUT2D eigenvalue weighted by atomic mass is 16.7. The molecule has 0 bridgehead atoms. The molecule has 12 heavy (non-hydrogen) atoms. The van der Waals surface area contributed by atoms with Gasteiger partial charge in [0, 0.05) is 27.1 Å². The fourth-order valence-corrected chi connectivity index (χ4v) is 1.79. The van der Waals surface area contributed by atoms with E-state index in [1.54, 1.807) is 14.2 Å². The number of Topliss-reactive ketones (excluding diaryl/α,β-unsaturated/α-hetero) is 1. The largest absolute Gasteiger partial charge is 0.355 e. The minimum atomic E-state index is -0.668. The smallest absolute Gasteiger partial charge is 0.197 e. The number of hydrogen-bond acceptors (Lipinski definition) is 4. The van der Waals surface area contributed by atoms with Gasteiger partial charge in [-0.15, -0.1) is 0 Å². The van der Waals surface area contributed by atoms with Crippen LogP contribution in [0.15, 0.2) is 0 Å². The van der Waals surface area contributed by atoms with E-state index in [9.17, 15) is 4.79 Å². The highest BCUT2D eigenvalue weighted by molar-refractivity contribution is 5.87. The highest BCUT2D eigenvalue weighted by Gasteiger charge is 2.62. The van der Waals surface area contributed by atoms with E-state index in [2.05, 4.69) is 0 Å². The second kappa shape index (κ2) is 2.52. The first-order chi connectivity index (χ1) is 5.73. The van der Waals surface area contributed by atoms with Crippen molar-refractivity contribution < 1.29 is 19.0 Å². The van der Waals surface area contributed by atoms with Gasteiger partial charge in [-0.1, -0.05) is 0 Å². The van der Waals surface area contributed by atoms with Gasteiger partial charge in [-0.3, -0.25) is 4.79 Å². The lowest BCUT2D eigenvalue weighted by Gasteiger charge is -2.31. The van der Waals surface area contributed by atoms with Gasteiger partial charge in [-0.25, -0.2) is 0 Å². The van der Waals surface area contributed by atoms with Crippen molar-refractivity contribution in [3.63, 3.8) is 0 Å². The molecule has 1 saturated heterocycles. The predicted molar refractivity (Wildman–Crippen MR) is 39.7 cm³/mol. The van der Waals surface area contributed by atoms with Gasteiger partial charge in [0.05, 0.1) is 0 Å². The number of carbonyl (C=O) groups excluding carboxylic acids is 1. The molecule has 2 unspecified atom stereocenters. The summed E-state index contributed by atoms with van der Waals surface area (Å²) in [7, 11) is 3.16. The summed E-state index contributed by atoms with van der Waals surface area (Å²) >= 11 is 0. The summed E-state index contributed by atoms with van der Waals surface area (Å²) in [5.74, 6) is -0.497. The van der Waals surface area contributed by atoms with Crippen molar-refractivity contribution in [1.82, 2.24) is 0 Å². The first-order valence-electron chi connectivity index (χ1n) is 4.02. The second-order valence-electron chi connectivity index (χ2n) is 3.16. The summed E-state index contributed by atoms with van der Waals surface area (Å²) in [6.45, 7) is 0. The van der Waals surface area contributed by atoms with Crippen LogP contribution in [0.1, 0.15) is 12.8 Å². The zero-order chi connectivity index (χ0) is 8.77. The predicted octanol–water partition coefficient (Wildman–Crippen LogP) is 0.106. The fraction of sp³-hybridized carbons (Fsp3) is 0.875. The lowest BCUT2D eigenvalue weighted by atomic mass is 9.93. The van der Waals surface area contributed by atoms with Crippen LogP contribution < -0.4 is 0 Å². The Morgan fingerprint density at radius 3 is 2.75 bits per heavy atom. The van der Waals surface area contributed by atoms with Crippen LogP contribution in [-0.4, -0.2) is 38.0 Å². The van der Waals surface area contributed by atoms with E-state index in [1.807, 2.05) is 0 Å². The summed E-state index contributed by atoms with van der Waals surface area (Å²) < 4.78 is 15.6. The molecule has 1 saturated carbocycles. The number of fused-ring (bicyclic) bond motifs is 1. The Bertz CT molecular complexity index is 209. The van der Waals surface area contributed by atoms with Crippen molar-refractivity contribution in [2.75, 3.05) is 14.2 Å². The topological polar surface area (TPSA) is 48.1 Å². The maximum absolute atomic E-state index is 11.1. The number of carbonyl (C=O) groups is 1. The summed E-state index contributed by atoms with van der Waals surface area (Å²) in [5, 5.41) is 0. The van der Waals surface area contributed by atoms with Gasteiger partial charge in [0.25, 0.3) is 0 Å². The zero-order valence-electron chi connectivity index (χ0n) is 7.20. The molecule has 68 valence electrons. The Morgan fingerprint density at radius 2 is 2.17 bits per heavy atom. The third-order valence-electron chi connectivity index (χ3n) is 2.65. The van der Waals surface area contributed by atoms with Crippen LogP contribution in [0.4, 0.5) is 0 Å². The second-order valence-corrected chi connectivity index (χ2v) is 3.16. The SMILES string of the molecule is COC1(OC)CCC(=O)C2OC21. The number of hydrogen-bond donors (Lipinski definition) is 0.